The molecule has 0 saturated heterocycles. The highest BCUT2D eigenvalue weighted by molar-refractivity contribution is 7.90. The standard InChI is InChI=1S/C27H29N3O4S/c31-27(29-32)14-6-1-2-9-19-28-23-17-15-21(16-18-23)26-20-22-10-7-8-13-25(22)30(26)35(33,34)24-11-4-3-5-12-24/h3-5,7-8,10-13,15-18,20,28,32H,1-2,6,9,14,19H2,(H,29,31). The first-order chi connectivity index (χ1) is 17.0. The molecular formula is C27H29N3O4S. The molecule has 1 amide bonds. The summed E-state index contributed by atoms with van der Waals surface area (Å²) in [5.74, 6) is -0.348. The topological polar surface area (TPSA) is 100 Å². The molecule has 0 aliphatic carbocycles. The number of hydroxylamine groups is 1. The summed E-state index contributed by atoms with van der Waals surface area (Å²) < 4.78 is 28.6. The Kier molecular flexibility index (Phi) is 7.84. The van der Waals surface area contributed by atoms with Gasteiger partial charge in [0.05, 0.1) is 16.1 Å². The Bertz CT molecular complexity index is 1380. The molecule has 8 heteroatoms. The van der Waals surface area contributed by atoms with Crippen LogP contribution < -0.4 is 10.8 Å². The zero-order chi connectivity index (χ0) is 24.7. The van der Waals surface area contributed by atoms with Gasteiger partial charge in [-0.2, -0.15) is 0 Å². The molecule has 4 aromatic rings. The summed E-state index contributed by atoms with van der Waals surface area (Å²) in [5.41, 5.74) is 4.68. The Balaban J connectivity index is 1.49. The maximum Gasteiger partial charge on any atom is 0.268 e. The smallest absolute Gasteiger partial charge is 0.268 e. The number of hydrogen-bond donors (Lipinski definition) is 3. The summed E-state index contributed by atoms with van der Waals surface area (Å²) in [6.07, 6.45) is 3.96. The minimum Gasteiger partial charge on any atom is -0.385 e. The van der Waals surface area contributed by atoms with E-state index in [1.807, 2.05) is 54.6 Å². The van der Waals surface area contributed by atoms with Crippen molar-refractivity contribution in [1.82, 2.24) is 9.45 Å². The second-order valence-electron chi connectivity index (χ2n) is 8.37. The first-order valence-corrected chi connectivity index (χ1v) is 13.1. The third-order valence-electron chi connectivity index (χ3n) is 5.91. The fourth-order valence-corrected chi connectivity index (χ4v) is 5.65. The molecule has 1 aromatic heterocycles. The fourth-order valence-electron chi connectivity index (χ4n) is 4.10. The lowest BCUT2D eigenvalue weighted by atomic mass is 10.1. The van der Waals surface area contributed by atoms with E-state index in [1.54, 1.807) is 35.8 Å². The van der Waals surface area contributed by atoms with E-state index >= 15 is 0 Å². The van der Waals surface area contributed by atoms with E-state index in [1.165, 1.54) is 3.97 Å². The number of nitrogens with zero attached hydrogens (tertiary/aromatic N) is 1. The number of anilines is 1. The molecule has 7 nitrogen and oxygen atoms in total. The molecule has 4 rings (SSSR count). The van der Waals surface area contributed by atoms with Gasteiger partial charge in [-0.15, -0.1) is 0 Å². The molecule has 1 heterocycles. The van der Waals surface area contributed by atoms with E-state index in [2.05, 4.69) is 5.32 Å². The van der Waals surface area contributed by atoms with Crippen molar-refractivity contribution in [3.05, 3.63) is 84.9 Å². The van der Waals surface area contributed by atoms with Crippen LogP contribution in [0.3, 0.4) is 0 Å². The number of unbranched alkanes of at least 4 members (excludes halogenated alkanes) is 3. The van der Waals surface area contributed by atoms with Gasteiger partial charge in [-0.1, -0.05) is 61.4 Å². The van der Waals surface area contributed by atoms with Gasteiger partial charge < -0.3 is 5.32 Å². The molecule has 0 aliphatic heterocycles. The number of nitrogens with one attached hydrogen (secondary N) is 2. The van der Waals surface area contributed by atoms with Crippen molar-refractivity contribution in [1.29, 1.82) is 0 Å². The average Bonchev–Trinajstić information content (AvgIpc) is 3.29. The van der Waals surface area contributed by atoms with E-state index in [0.29, 0.717) is 17.6 Å². The number of rotatable bonds is 11. The predicted octanol–water partition coefficient (Wildman–Crippen LogP) is 5.41. The van der Waals surface area contributed by atoms with Gasteiger partial charge in [0, 0.05) is 24.0 Å². The molecule has 0 saturated carbocycles. The van der Waals surface area contributed by atoms with Crippen LogP contribution in [0, 0.1) is 0 Å². The number of fused-ring (bicyclic) bond motifs is 1. The van der Waals surface area contributed by atoms with Gasteiger partial charge in [0.15, 0.2) is 0 Å². The molecule has 3 N–H and O–H groups in total. The molecule has 3 aromatic carbocycles. The summed E-state index contributed by atoms with van der Waals surface area (Å²) >= 11 is 0. The number of hydrogen-bond acceptors (Lipinski definition) is 5. The Labute approximate surface area is 205 Å². The van der Waals surface area contributed by atoms with Crippen LogP contribution in [0.25, 0.3) is 22.2 Å². The van der Waals surface area contributed by atoms with Gasteiger partial charge in [-0.05, 0) is 54.8 Å². The zero-order valence-electron chi connectivity index (χ0n) is 19.4. The third-order valence-corrected chi connectivity index (χ3v) is 7.66. The summed E-state index contributed by atoms with van der Waals surface area (Å²) in [5, 5.41) is 12.7. The summed E-state index contributed by atoms with van der Waals surface area (Å²) in [7, 11) is -3.78. The van der Waals surface area contributed by atoms with Crippen molar-refractivity contribution in [2.75, 3.05) is 11.9 Å². The lowest BCUT2D eigenvalue weighted by molar-refractivity contribution is -0.129. The van der Waals surface area contributed by atoms with E-state index < -0.39 is 10.0 Å². The number of carbonyl (C=O) groups excluding carboxylic acids is 1. The molecule has 0 unspecified atom stereocenters. The van der Waals surface area contributed by atoms with Gasteiger partial charge >= 0.3 is 0 Å². The van der Waals surface area contributed by atoms with Crippen LogP contribution in [-0.2, 0) is 14.8 Å². The number of carbonyl (C=O) groups is 1. The van der Waals surface area contributed by atoms with Crippen LogP contribution in [-0.4, -0.2) is 30.0 Å². The SMILES string of the molecule is O=C(CCCCCCNc1ccc(-c2cc3ccccc3n2S(=O)(=O)c2ccccc2)cc1)NO. The largest absolute Gasteiger partial charge is 0.385 e. The zero-order valence-corrected chi connectivity index (χ0v) is 20.2. The van der Waals surface area contributed by atoms with Crippen molar-refractivity contribution in [3.8, 4) is 11.3 Å². The van der Waals surface area contributed by atoms with Crippen LogP contribution in [0.15, 0.2) is 89.8 Å². The Morgan fingerprint density at radius 1 is 0.829 bits per heavy atom. The first kappa shape index (κ1) is 24.5. The van der Waals surface area contributed by atoms with Crippen LogP contribution in [0.1, 0.15) is 32.1 Å². The Morgan fingerprint density at radius 2 is 1.51 bits per heavy atom. The van der Waals surface area contributed by atoms with Gasteiger partial charge in [0.1, 0.15) is 0 Å². The lowest BCUT2D eigenvalue weighted by Crippen LogP contribution is -2.17. The third kappa shape index (κ3) is 5.72. The number of amides is 1. The first-order valence-electron chi connectivity index (χ1n) is 11.7. The van der Waals surface area contributed by atoms with Crippen molar-refractivity contribution in [3.63, 3.8) is 0 Å². The minimum atomic E-state index is -3.78. The van der Waals surface area contributed by atoms with Crippen LogP contribution >= 0.6 is 0 Å². The predicted molar refractivity (Wildman–Crippen MR) is 138 cm³/mol. The van der Waals surface area contributed by atoms with E-state index in [9.17, 15) is 13.2 Å². The number of aromatic nitrogens is 1. The lowest BCUT2D eigenvalue weighted by Gasteiger charge is -2.13. The number of benzene rings is 3. The van der Waals surface area contributed by atoms with E-state index in [4.69, 9.17) is 5.21 Å². The minimum absolute atomic E-state index is 0.248. The quantitative estimate of drug-likeness (QED) is 0.148. The second kappa shape index (κ2) is 11.2. The van der Waals surface area contributed by atoms with Crippen molar-refractivity contribution in [2.24, 2.45) is 0 Å². The number of para-hydroxylation sites is 1. The van der Waals surface area contributed by atoms with Crippen LogP contribution in [0.2, 0.25) is 0 Å². The molecule has 35 heavy (non-hydrogen) atoms. The van der Waals surface area contributed by atoms with Crippen molar-refractivity contribution >= 4 is 32.5 Å². The van der Waals surface area contributed by atoms with Gasteiger partial charge in [-0.25, -0.2) is 17.9 Å². The Hall–Kier alpha value is -3.62. The summed E-state index contributed by atoms with van der Waals surface area (Å²) in [6, 6.07) is 25.7. The molecule has 0 fully saturated rings. The van der Waals surface area contributed by atoms with Crippen LogP contribution in [0.4, 0.5) is 5.69 Å². The van der Waals surface area contributed by atoms with Gasteiger partial charge in [0.25, 0.3) is 10.0 Å². The maximum atomic E-state index is 13.6. The monoisotopic (exact) mass is 491 g/mol. The molecule has 0 bridgehead atoms. The van der Waals surface area contributed by atoms with Crippen molar-refractivity contribution < 1.29 is 18.4 Å². The molecule has 182 valence electrons. The van der Waals surface area contributed by atoms with Gasteiger partial charge in [0.2, 0.25) is 5.91 Å². The Morgan fingerprint density at radius 3 is 2.26 bits per heavy atom. The second-order valence-corrected chi connectivity index (χ2v) is 10.2. The summed E-state index contributed by atoms with van der Waals surface area (Å²) in [6.45, 7) is 0.800. The molecular weight excluding hydrogens is 462 g/mol. The van der Waals surface area contributed by atoms with E-state index in [0.717, 1.165) is 48.9 Å². The average molecular weight is 492 g/mol. The highest BCUT2D eigenvalue weighted by atomic mass is 32.2. The highest BCUT2D eigenvalue weighted by Crippen LogP contribution is 2.32. The molecule has 0 radical (unpaired) electrons. The summed E-state index contributed by atoms with van der Waals surface area (Å²) in [4.78, 5) is 11.3. The van der Waals surface area contributed by atoms with Gasteiger partial charge in [-0.3, -0.25) is 10.0 Å². The molecule has 0 spiro atoms. The van der Waals surface area contributed by atoms with Crippen molar-refractivity contribution in [2.45, 2.75) is 37.0 Å². The highest BCUT2D eigenvalue weighted by Gasteiger charge is 2.23. The molecule has 0 atom stereocenters. The fraction of sp³-hybridized carbons (Fsp3) is 0.222. The normalized spacial score (nSPS) is 11.5. The van der Waals surface area contributed by atoms with E-state index in [-0.39, 0.29) is 10.8 Å². The maximum absolute atomic E-state index is 13.6. The molecule has 0 aliphatic rings. The van der Waals surface area contributed by atoms with Crippen LogP contribution in [0.5, 0.6) is 0 Å².